The Balaban J connectivity index is 1.57. The van der Waals surface area contributed by atoms with Crippen LogP contribution in [-0.4, -0.2) is 52.4 Å². The van der Waals surface area contributed by atoms with Crippen molar-refractivity contribution < 1.29 is 19.3 Å². The van der Waals surface area contributed by atoms with E-state index in [0.717, 1.165) is 49.3 Å². The predicted molar refractivity (Wildman–Crippen MR) is 91.9 cm³/mol. The van der Waals surface area contributed by atoms with Crippen molar-refractivity contribution in [1.29, 1.82) is 0 Å². The van der Waals surface area contributed by atoms with Gasteiger partial charge in [0.15, 0.2) is 11.7 Å². The van der Waals surface area contributed by atoms with Gasteiger partial charge in [0.1, 0.15) is 6.04 Å². The molecule has 0 radical (unpaired) electrons. The Morgan fingerprint density at radius 1 is 1.20 bits per heavy atom. The van der Waals surface area contributed by atoms with Crippen molar-refractivity contribution in [1.82, 2.24) is 14.8 Å². The molecule has 2 aliphatic heterocycles. The summed E-state index contributed by atoms with van der Waals surface area (Å²) in [7, 11) is 0. The van der Waals surface area contributed by atoms with E-state index in [4.69, 9.17) is 4.98 Å². The zero-order chi connectivity index (χ0) is 17.6. The van der Waals surface area contributed by atoms with Crippen LogP contribution in [0.3, 0.4) is 0 Å². The Bertz CT molecular complexity index is 831. The molecule has 4 amide bonds. The molecule has 1 unspecified atom stereocenters. The molecule has 4 rings (SSSR count). The fourth-order valence-corrected chi connectivity index (χ4v) is 4.77. The minimum atomic E-state index is -0.720. The number of nitrogens with zero attached hydrogens (tertiary/aromatic N) is 3. The minimum absolute atomic E-state index is 0.156. The number of likely N-dealkylation sites (N-methyl/N-ethyl adjacent to an activating group) is 1. The predicted octanol–water partition coefficient (Wildman–Crippen LogP) is 0.784. The van der Waals surface area contributed by atoms with Crippen LogP contribution < -0.4 is 4.90 Å². The van der Waals surface area contributed by atoms with Crippen LogP contribution in [0, 0.1) is 0 Å². The second kappa shape index (κ2) is 6.20. The minimum Gasteiger partial charge on any atom is -0.309 e. The zero-order valence-electron chi connectivity index (χ0n) is 13.9. The Kier molecular flexibility index (Phi) is 4.01. The molecule has 2 atom stereocenters. The molecule has 2 aromatic rings. The zero-order valence-corrected chi connectivity index (χ0v) is 14.7. The summed E-state index contributed by atoms with van der Waals surface area (Å²) < 4.78 is 1.14. The van der Waals surface area contributed by atoms with E-state index in [1.165, 1.54) is 0 Å². The average Bonchev–Trinajstić information content (AvgIpc) is 3.29. The number of hydrogen-bond donors (Lipinski definition) is 1. The quantitative estimate of drug-likeness (QED) is 0.647. The number of nitrogens with one attached hydrogen (secondary N) is 1. The van der Waals surface area contributed by atoms with Gasteiger partial charge in [-0.1, -0.05) is 12.1 Å². The smallest absolute Gasteiger partial charge is 0.309 e. The van der Waals surface area contributed by atoms with Gasteiger partial charge in [0.25, 0.3) is 0 Å². The van der Waals surface area contributed by atoms with E-state index >= 15 is 0 Å². The summed E-state index contributed by atoms with van der Waals surface area (Å²) in [5, 5.41) is 1.03. The average molecular weight is 359 g/mol. The molecule has 25 heavy (non-hydrogen) atoms. The van der Waals surface area contributed by atoms with E-state index in [9.17, 15) is 14.4 Å². The molecule has 0 aliphatic carbocycles. The standard InChI is InChI=1S/C17H18N4O3S/c1-2-20-15(22)16(23)21(17(20)24)10-19-9-5-7-12(19)14-18-11-6-3-4-8-13(11)25-14/h3-4,6,8,12H,2,5,7,9-10H2,1H3/p+1/t12-/m0/s1. The Morgan fingerprint density at radius 3 is 2.68 bits per heavy atom. The van der Waals surface area contributed by atoms with Gasteiger partial charge < -0.3 is 4.90 Å². The molecule has 2 saturated heterocycles. The van der Waals surface area contributed by atoms with Gasteiger partial charge in [0.2, 0.25) is 0 Å². The lowest BCUT2D eigenvalue weighted by Gasteiger charge is -2.23. The molecule has 0 spiro atoms. The van der Waals surface area contributed by atoms with Gasteiger partial charge >= 0.3 is 17.8 Å². The number of carbonyl (C=O) groups is 3. The van der Waals surface area contributed by atoms with Crippen LogP contribution in [-0.2, 0) is 9.59 Å². The molecular formula is C17H19N4O3S+. The number of benzene rings is 1. The molecule has 7 nitrogen and oxygen atoms in total. The number of imide groups is 2. The molecule has 1 aromatic heterocycles. The molecule has 8 heteroatoms. The lowest BCUT2D eigenvalue weighted by molar-refractivity contribution is -0.925. The van der Waals surface area contributed by atoms with Crippen molar-refractivity contribution >= 4 is 39.4 Å². The Morgan fingerprint density at radius 2 is 1.96 bits per heavy atom. The van der Waals surface area contributed by atoms with E-state index in [2.05, 4.69) is 6.07 Å². The van der Waals surface area contributed by atoms with Crippen LogP contribution in [0.2, 0.25) is 0 Å². The number of hydrogen-bond acceptors (Lipinski definition) is 5. The summed E-state index contributed by atoms with van der Waals surface area (Å²) in [5.41, 5.74) is 0.981. The number of likely N-dealkylation sites (tertiary alicyclic amines) is 1. The van der Waals surface area contributed by atoms with Gasteiger partial charge in [-0.3, -0.25) is 14.5 Å². The summed E-state index contributed by atoms with van der Waals surface area (Å²) in [6.07, 6.45) is 1.98. The van der Waals surface area contributed by atoms with Crippen LogP contribution in [0.5, 0.6) is 0 Å². The second-order valence-electron chi connectivity index (χ2n) is 6.35. The summed E-state index contributed by atoms with van der Waals surface area (Å²) in [6, 6.07) is 7.67. The monoisotopic (exact) mass is 359 g/mol. The molecule has 0 saturated carbocycles. The third kappa shape index (κ3) is 2.61. The summed E-state index contributed by atoms with van der Waals surface area (Å²) in [6.45, 7) is 2.99. The van der Waals surface area contributed by atoms with E-state index in [-0.39, 0.29) is 19.3 Å². The number of urea groups is 1. The lowest BCUT2D eigenvalue weighted by atomic mass is 10.2. The summed E-state index contributed by atoms with van der Waals surface area (Å²) in [4.78, 5) is 44.3. The van der Waals surface area contributed by atoms with Gasteiger partial charge in [-0.2, -0.15) is 0 Å². The Hall–Kier alpha value is -2.32. The number of fused-ring (bicyclic) bond motifs is 1. The maximum Gasteiger partial charge on any atom is 0.338 e. The van der Waals surface area contributed by atoms with Crippen molar-refractivity contribution in [3.8, 4) is 0 Å². The van der Waals surface area contributed by atoms with Crippen LogP contribution in [0.15, 0.2) is 24.3 Å². The number of carbonyl (C=O) groups excluding carboxylic acids is 3. The number of quaternary nitrogens is 1. The largest absolute Gasteiger partial charge is 0.338 e. The first kappa shape index (κ1) is 16.2. The molecule has 3 heterocycles. The number of amides is 4. The van der Waals surface area contributed by atoms with Gasteiger partial charge in [0.05, 0.1) is 16.8 Å². The number of rotatable bonds is 4. The van der Waals surface area contributed by atoms with Crippen molar-refractivity contribution in [2.45, 2.75) is 25.8 Å². The highest BCUT2D eigenvalue weighted by molar-refractivity contribution is 7.18. The summed E-state index contributed by atoms with van der Waals surface area (Å²) >= 11 is 1.67. The first-order chi connectivity index (χ1) is 12.1. The Labute approximate surface area is 148 Å². The van der Waals surface area contributed by atoms with Crippen molar-refractivity contribution in [2.75, 3.05) is 19.8 Å². The topological polar surface area (TPSA) is 75.0 Å². The third-order valence-corrected chi connectivity index (χ3v) is 6.05. The second-order valence-corrected chi connectivity index (χ2v) is 7.41. The van der Waals surface area contributed by atoms with Gasteiger partial charge in [0, 0.05) is 19.4 Å². The highest BCUT2D eigenvalue weighted by Gasteiger charge is 2.47. The number of para-hydroxylation sites is 1. The highest BCUT2D eigenvalue weighted by Crippen LogP contribution is 2.28. The molecular weight excluding hydrogens is 340 g/mol. The summed E-state index contributed by atoms with van der Waals surface area (Å²) in [5.74, 6) is -1.43. The molecule has 1 N–H and O–H groups in total. The van der Waals surface area contributed by atoms with Crippen LogP contribution in [0.4, 0.5) is 4.79 Å². The fraction of sp³-hybridized carbons (Fsp3) is 0.412. The van der Waals surface area contributed by atoms with Gasteiger partial charge in [-0.05, 0) is 19.1 Å². The van der Waals surface area contributed by atoms with Crippen molar-refractivity contribution in [3.63, 3.8) is 0 Å². The number of aromatic nitrogens is 1. The number of thiazole rings is 1. The molecule has 2 aliphatic rings. The van der Waals surface area contributed by atoms with E-state index in [0.29, 0.717) is 0 Å². The molecule has 130 valence electrons. The highest BCUT2D eigenvalue weighted by atomic mass is 32.1. The van der Waals surface area contributed by atoms with Gasteiger partial charge in [-0.15, -0.1) is 11.3 Å². The molecule has 1 aromatic carbocycles. The lowest BCUT2D eigenvalue weighted by Crippen LogP contribution is -3.12. The third-order valence-electron chi connectivity index (χ3n) is 4.90. The molecule has 0 bridgehead atoms. The SMILES string of the molecule is CCN1C(=O)C(=O)N(C[NH+]2CCC[C@H]2c2nc3ccccc3s2)C1=O. The van der Waals surface area contributed by atoms with E-state index in [1.54, 1.807) is 18.3 Å². The maximum absolute atomic E-state index is 12.3. The molecule has 2 fully saturated rings. The van der Waals surface area contributed by atoms with Crippen molar-refractivity contribution in [2.24, 2.45) is 0 Å². The normalized spacial score (nSPS) is 24.1. The first-order valence-corrected chi connectivity index (χ1v) is 9.29. The first-order valence-electron chi connectivity index (χ1n) is 8.47. The van der Waals surface area contributed by atoms with Crippen LogP contribution in [0.25, 0.3) is 10.2 Å². The van der Waals surface area contributed by atoms with E-state index < -0.39 is 17.8 Å². The van der Waals surface area contributed by atoms with E-state index in [1.807, 2.05) is 18.2 Å². The van der Waals surface area contributed by atoms with Crippen molar-refractivity contribution in [3.05, 3.63) is 29.3 Å². The van der Waals surface area contributed by atoms with Crippen LogP contribution in [0.1, 0.15) is 30.8 Å². The van der Waals surface area contributed by atoms with Crippen LogP contribution >= 0.6 is 11.3 Å². The maximum atomic E-state index is 12.3. The fourth-order valence-electron chi connectivity index (χ4n) is 3.61. The van der Waals surface area contributed by atoms with Gasteiger partial charge in [-0.25, -0.2) is 14.7 Å².